The highest BCUT2D eigenvalue weighted by Gasteiger charge is 2.16. The van der Waals surface area contributed by atoms with E-state index in [9.17, 15) is 9.59 Å². The number of aryl methyl sites for hydroxylation is 1. The molecular weight excluding hydrogens is 282 g/mol. The molecular formula is C15H21N5O2. The van der Waals surface area contributed by atoms with Crippen LogP contribution in [0.2, 0.25) is 0 Å². The normalized spacial score (nSPS) is 11.5. The smallest absolute Gasteiger partial charge is 0.276 e. The standard InChI is InChI=1S/C15H21N5O2/c1-5-8-19-13(21)7-6-12(18-19)14(22)17-11-9-16-20(10-11)15(2,3)4/h6-7,9-10H,5,8H2,1-4H3,(H,17,22). The van der Waals surface area contributed by atoms with Gasteiger partial charge in [0.1, 0.15) is 5.69 Å². The van der Waals surface area contributed by atoms with Gasteiger partial charge in [0.2, 0.25) is 0 Å². The molecule has 118 valence electrons. The van der Waals surface area contributed by atoms with E-state index in [0.717, 1.165) is 6.42 Å². The molecule has 0 unspecified atom stereocenters. The van der Waals surface area contributed by atoms with Gasteiger partial charge in [-0.05, 0) is 33.3 Å². The lowest BCUT2D eigenvalue weighted by Crippen LogP contribution is -2.26. The molecule has 22 heavy (non-hydrogen) atoms. The van der Waals surface area contributed by atoms with Crippen LogP contribution >= 0.6 is 0 Å². The van der Waals surface area contributed by atoms with Gasteiger partial charge in [0.15, 0.2) is 0 Å². The van der Waals surface area contributed by atoms with Crippen LogP contribution in [0.4, 0.5) is 5.69 Å². The third kappa shape index (κ3) is 3.60. The molecule has 2 rings (SSSR count). The molecule has 2 aromatic rings. The molecule has 0 aliphatic heterocycles. The zero-order valence-corrected chi connectivity index (χ0v) is 13.3. The van der Waals surface area contributed by atoms with E-state index in [2.05, 4.69) is 15.5 Å². The highest BCUT2D eigenvalue weighted by atomic mass is 16.2. The Morgan fingerprint density at radius 3 is 2.64 bits per heavy atom. The van der Waals surface area contributed by atoms with E-state index in [0.29, 0.717) is 12.2 Å². The summed E-state index contributed by atoms with van der Waals surface area (Å²) in [6, 6.07) is 2.79. The van der Waals surface area contributed by atoms with Crippen molar-refractivity contribution in [2.75, 3.05) is 5.32 Å². The first kappa shape index (κ1) is 15.9. The van der Waals surface area contributed by atoms with Crippen LogP contribution in [-0.4, -0.2) is 25.5 Å². The minimum atomic E-state index is -0.363. The fourth-order valence-corrected chi connectivity index (χ4v) is 1.89. The molecule has 7 nitrogen and oxygen atoms in total. The number of anilines is 1. The van der Waals surface area contributed by atoms with Gasteiger partial charge in [-0.1, -0.05) is 6.92 Å². The molecule has 0 aromatic carbocycles. The Hall–Kier alpha value is -2.44. The molecule has 1 N–H and O–H groups in total. The van der Waals surface area contributed by atoms with Gasteiger partial charge in [0.25, 0.3) is 11.5 Å². The molecule has 0 saturated heterocycles. The van der Waals surface area contributed by atoms with Crippen LogP contribution in [0.5, 0.6) is 0 Å². The van der Waals surface area contributed by atoms with Gasteiger partial charge >= 0.3 is 0 Å². The Balaban J connectivity index is 2.17. The fourth-order valence-electron chi connectivity index (χ4n) is 1.89. The van der Waals surface area contributed by atoms with Crippen molar-refractivity contribution < 1.29 is 4.79 Å². The lowest BCUT2D eigenvalue weighted by Gasteiger charge is -2.18. The molecule has 0 spiro atoms. The maximum Gasteiger partial charge on any atom is 0.276 e. The maximum absolute atomic E-state index is 12.2. The first-order valence-corrected chi connectivity index (χ1v) is 7.26. The number of carbonyl (C=O) groups is 1. The molecule has 7 heteroatoms. The number of rotatable bonds is 4. The number of carbonyl (C=O) groups excluding carboxylic acids is 1. The molecule has 0 saturated carbocycles. The summed E-state index contributed by atoms with van der Waals surface area (Å²) in [4.78, 5) is 23.8. The number of nitrogens with one attached hydrogen (secondary N) is 1. The quantitative estimate of drug-likeness (QED) is 0.934. The molecule has 0 aliphatic rings. The first-order valence-electron chi connectivity index (χ1n) is 7.26. The van der Waals surface area contributed by atoms with Crippen molar-refractivity contribution in [2.45, 2.75) is 46.2 Å². The predicted molar refractivity (Wildman–Crippen MR) is 84.0 cm³/mol. The van der Waals surface area contributed by atoms with Crippen molar-refractivity contribution in [2.24, 2.45) is 0 Å². The van der Waals surface area contributed by atoms with Crippen molar-refractivity contribution in [1.29, 1.82) is 0 Å². The summed E-state index contributed by atoms with van der Waals surface area (Å²) in [7, 11) is 0. The van der Waals surface area contributed by atoms with E-state index < -0.39 is 0 Å². The number of aromatic nitrogens is 4. The highest BCUT2D eigenvalue weighted by molar-refractivity contribution is 6.02. The summed E-state index contributed by atoms with van der Waals surface area (Å²) in [5.74, 6) is -0.363. The van der Waals surface area contributed by atoms with Crippen LogP contribution in [0.15, 0.2) is 29.3 Å². The zero-order valence-electron chi connectivity index (χ0n) is 13.3. The van der Waals surface area contributed by atoms with Crippen LogP contribution in [0.3, 0.4) is 0 Å². The number of hydrogen-bond donors (Lipinski definition) is 1. The van der Waals surface area contributed by atoms with Gasteiger partial charge in [0, 0.05) is 18.8 Å². The average Bonchev–Trinajstić information content (AvgIpc) is 2.90. The SMILES string of the molecule is CCCn1nc(C(=O)Nc2cnn(C(C)(C)C)c2)ccc1=O. The summed E-state index contributed by atoms with van der Waals surface area (Å²) in [6.45, 7) is 8.50. The second kappa shape index (κ2) is 6.13. The van der Waals surface area contributed by atoms with E-state index in [1.165, 1.54) is 16.8 Å². The van der Waals surface area contributed by atoms with Crippen molar-refractivity contribution in [3.8, 4) is 0 Å². The number of nitrogens with zero attached hydrogens (tertiary/aromatic N) is 4. The minimum absolute atomic E-state index is 0.157. The molecule has 1 amide bonds. The van der Waals surface area contributed by atoms with Gasteiger partial charge in [-0.15, -0.1) is 0 Å². The Labute approximate surface area is 129 Å². The van der Waals surface area contributed by atoms with Crippen LogP contribution in [0.1, 0.15) is 44.6 Å². The first-order chi connectivity index (χ1) is 10.3. The zero-order chi connectivity index (χ0) is 16.3. The third-order valence-corrected chi connectivity index (χ3v) is 3.06. The van der Waals surface area contributed by atoms with E-state index in [1.54, 1.807) is 17.1 Å². The topological polar surface area (TPSA) is 81.8 Å². The summed E-state index contributed by atoms with van der Waals surface area (Å²) >= 11 is 0. The van der Waals surface area contributed by atoms with Gasteiger partial charge in [-0.3, -0.25) is 14.3 Å². The average molecular weight is 303 g/mol. The Morgan fingerprint density at radius 2 is 2.05 bits per heavy atom. The molecule has 0 aliphatic carbocycles. The second-order valence-corrected chi connectivity index (χ2v) is 6.08. The maximum atomic E-state index is 12.2. The van der Waals surface area contributed by atoms with Crippen LogP contribution in [0.25, 0.3) is 0 Å². The summed E-state index contributed by atoms with van der Waals surface area (Å²) < 4.78 is 3.07. The van der Waals surface area contributed by atoms with E-state index >= 15 is 0 Å². The molecule has 2 aromatic heterocycles. The monoisotopic (exact) mass is 303 g/mol. The molecule has 2 heterocycles. The Morgan fingerprint density at radius 1 is 1.32 bits per heavy atom. The largest absolute Gasteiger partial charge is 0.318 e. The predicted octanol–water partition coefficient (Wildman–Crippen LogP) is 1.86. The second-order valence-electron chi connectivity index (χ2n) is 6.08. The van der Waals surface area contributed by atoms with E-state index in [1.807, 2.05) is 27.7 Å². The van der Waals surface area contributed by atoms with E-state index in [4.69, 9.17) is 0 Å². The van der Waals surface area contributed by atoms with Crippen LogP contribution in [-0.2, 0) is 12.1 Å². The van der Waals surface area contributed by atoms with E-state index in [-0.39, 0.29) is 22.7 Å². The molecule has 0 atom stereocenters. The number of amides is 1. The summed E-state index contributed by atoms with van der Waals surface area (Å²) in [5.41, 5.74) is 0.431. The van der Waals surface area contributed by atoms with Gasteiger partial charge in [-0.2, -0.15) is 10.2 Å². The third-order valence-electron chi connectivity index (χ3n) is 3.06. The van der Waals surface area contributed by atoms with Crippen molar-refractivity contribution in [3.05, 3.63) is 40.6 Å². The fraction of sp³-hybridized carbons (Fsp3) is 0.467. The molecule has 0 radical (unpaired) electrons. The lowest BCUT2D eigenvalue weighted by molar-refractivity contribution is 0.101. The Bertz CT molecular complexity index is 724. The van der Waals surface area contributed by atoms with Crippen LogP contribution in [0, 0.1) is 0 Å². The van der Waals surface area contributed by atoms with Gasteiger partial charge < -0.3 is 5.32 Å². The summed E-state index contributed by atoms with van der Waals surface area (Å²) in [6.07, 6.45) is 4.13. The van der Waals surface area contributed by atoms with Crippen molar-refractivity contribution in [3.63, 3.8) is 0 Å². The molecule has 0 fully saturated rings. The lowest BCUT2D eigenvalue weighted by atomic mass is 10.1. The number of hydrogen-bond acceptors (Lipinski definition) is 4. The van der Waals surface area contributed by atoms with Gasteiger partial charge in [-0.25, -0.2) is 4.68 Å². The van der Waals surface area contributed by atoms with Gasteiger partial charge in [0.05, 0.1) is 17.4 Å². The van der Waals surface area contributed by atoms with Crippen molar-refractivity contribution in [1.82, 2.24) is 19.6 Å². The minimum Gasteiger partial charge on any atom is -0.318 e. The summed E-state index contributed by atoms with van der Waals surface area (Å²) in [5, 5.41) is 11.0. The Kier molecular flexibility index (Phi) is 4.44. The molecule has 0 bridgehead atoms. The highest BCUT2D eigenvalue weighted by Crippen LogP contribution is 2.16. The van der Waals surface area contributed by atoms with Crippen molar-refractivity contribution >= 4 is 11.6 Å². The van der Waals surface area contributed by atoms with Crippen LogP contribution < -0.4 is 10.9 Å².